The zero-order chi connectivity index (χ0) is 31.0. The first-order chi connectivity index (χ1) is 21.7. The van der Waals surface area contributed by atoms with Crippen LogP contribution in [-0.4, -0.2) is 23.0 Å². The van der Waals surface area contributed by atoms with Crippen LogP contribution < -0.4 is 0 Å². The monoisotopic (exact) mass is 666 g/mol. The Morgan fingerprint density at radius 3 is 0.818 bits per heavy atom. The van der Waals surface area contributed by atoms with Crippen LogP contribution in [0.1, 0.15) is 130 Å². The molecule has 0 aliphatic carbocycles. The normalized spacial score (nSPS) is 12.0. The fourth-order valence-corrected chi connectivity index (χ4v) is 10.7. The molecule has 0 saturated carbocycles. The number of benzene rings is 4. The smallest absolute Gasteiger partial charge is 0.0162 e. The molecule has 0 bridgehead atoms. The molecule has 0 amide bonds. The fourth-order valence-electron chi connectivity index (χ4n) is 6.19. The van der Waals surface area contributed by atoms with Crippen LogP contribution in [0.3, 0.4) is 0 Å². The van der Waals surface area contributed by atoms with E-state index in [0.29, 0.717) is 0 Å². The topological polar surface area (TPSA) is 0 Å². The van der Waals surface area contributed by atoms with Gasteiger partial charge in [0.2, 0.25) is 0 Å². The highest BCUT2D eigenvalue weighted by Crippen LogP contribution is 2.48. The van der Waals surface area contributed by atoms with Gasteiger partial charge >= 0.3 is 0 Å². The fraction of sp³-hybridized carbons (Fsp3) is 0.600. The summed E-state index contributed by atoms with van der Waals surface area (Å²) in [6.07, 6.45) is 21.3. The van der Waals surface area contributed by atoms with E-state index in [0.717, 1.165) is 0 Å². The molecule has 242 valence electrons. The molecule has 0 aliphatic heterocycles. The summed E-state index contributed by atoms with van der Waals surface area (Å²) in [4.78, 5) is 6.02. The number of thioether (sulfide) groups is 4. The third-order valence-corrected chi connectivity index (χ3v) is 13.3. The van der Waals surface area contributed by atoms with Gasteiger partial charge in [0, 0.05) is 19.6 Å². The summed E-state index contributed by atoms with van der Waals surface area (Å²) in [6, 6.07) is 15.0. The lowest BCUT2D eigenvalue weighted by Gasteiger charge is -2.20. The van der Waals surface area contributed by atoms with E-state index >= 15 is 0 Å². The minimum atomic E-state index is 1.22. The molecule has 4 rings (SSSR count). The average Bonchev–Trinajstić information content (AvgIpc) is 3.04. The molecule has 0 aliphatic rings. The minimum absolute atomic E-state index is 1.22. The zero-order valence-corrected chi connectivity index (χ0v) is 31.5. The van der Waals surface area contributed by atoms with Crippen molar-refractivity contribution < 1.29 is 0 Å². The van der Waals surface area contributed by atoms with Crippen molar-refractivity contribution >= 4 is 79.4 Å². The van der Waals surface area contributed by atoms with Crippen molar-refractivity contribution in [3.63, 3.8) is 0 Å². The second-order valence-electron chi connectivity index (χ2n) is 12.5. The van der Waals surface area contributed by atoms with Crippen LogP contribution in [0.15, 0.2) is 56.0 Å². The Balaban J connectivity index is 1.77. The Bertz CT molecular complexity index is 1180. The van der Waals surface area contributed by atoms with Crippen LogP contribution in [0.25, 0.3) is 32.3 Å². The summed E-state index contributed by atoms with van der Waals surface area (Å²) < 4.78 is 0. The van der Waals surface area contributed by atoms with E-state index in [1.165, 1.54) is 178 Å². The Labute approximate surface area is 287 Å². The summed E-state index contributed by atoms with van der Waals surface area (Å²) in [5.74, 6) is 4.90. The van der Waals surface area contributed by atoms with Gasteiger partial charge in [-0.1, -0.05) is 129 Å². The molecule has 0 radical (unpaired) electrons. The molecule has 0 spiro atoms. The molecule has 0 nitrogen and oxygen atoms in total. The van der Waals surface area contributed by atoms with Gasteiger partial charge < -0.3 is 0 Å². The Morgan fingerprint density at radius 1 is 0.341 bits per heavy atom. The van der Waals surface area contributed by atoms with Crippen molar-refractivity contribution in [2.75, 3.05) is 23.0 Å². The SMILES string of the molecule is CCCCCCSc1cc(SCCCCCC)c2ccc3c(SCCCCCC)cc(SCCCCCC)c4ccc1c2c43. The molecule has 4 aromatic rings. The Hall–Kier alpha value is -0.680. The maximum absolute atomic E-state index is 2.56. The van der Waals surface area contributed by atoms with Crippen molar-refractivity contribution in [3.8, 4) is 0 Å². The summed E-state index contributed by atoms with van der Waals surface area (Å²) in [5, 5.41) is 9.01. The van der Waals surface area contributed by atoms with Crippen LogP contribution in [0.4, 0.5) is 0 Å². The third kappa shape index (κ3) is 10.2. The zero-order valence-electron chi connectivity index (χ0n) is 28.2. The third-order valence-electron chi connectivity index (χ3n) is 8.77. The Kier molecular flexibility index (Phi) is 16.9. The second-order valence-corrected chi connectivity index (χ2v) is 17.0. The number of rotatable bonds is 24. The van der Waals surface area contributed by atoms with E-state index in [1.807, 2.05) is 0 Å². The van der Waals surface area contributed by atoms with Gasteiger partial charge in [-0.2, -0.15) is 0 Å². The largest absolute Gasteiger partial charge is 0.125 e. The minimum Gasteiger partial charge on any atom is -0.125 e. The van der Waals surface area contributed by atoms with Crippen LogP contribution in [0, 0.1) is 0 Å². The summed E-state index contributed by atoms with van der Waals surface area (Å²) in [6.45, 7) is 9.25. The summed E-state index contributed by atoms with van der Waals surface area (Å²) >= 11 is 8.45. The highest BCUT2D eigenvalue weighted by Gasteiger charge is 2.19. The van der Waals surface area contributed by atoms with Gasteiger partial charge in [-0.15, -0.1) is 47.0 Å². The molecule has 0 unspecified atom stereocenters. The summed E-state index contributed by atoms with van der Waals surface area (Å²) in [7, 11) is 0. The molecule has 0 heterocycles. The average molecular weight is 667 g/mol. The number of hydrogen-bond donors (Lipinski definition) is 0. The maximum atomic E-state index is 2.56. The Morgan fingerprint density at radius 2 is 0.591 bits per heavy atom. The highest BCUT2D eigenvalue weighted by atomic mass is 32.2. The molecule has 0 saturated heterocycles. The van der Waals surface area contributed by atoms with Crippen LogP contribution in [0.2, 0.25) is 0 Å². The van der Waals surface area contributed by atoms with E-state index in [2.05, 4.69) is 111 Å². The van der Waals surface area contributed by atoms with Gasteiger partial charge in [-0.25, -0.2) is 0 Å². The van der Waals surface area contributed by atoms with Crippen LogP contribution >= 0.6 is 47.0 Å². The van der Waals surface area contributed by atoms with Gasteiger partial charge in [0.25, 0.3) is 0 Å². The van der Waals surface area contributed by atoms with E-state index in [-0.39, 0.29) is 0 Å². The van der Waals surface area contributed by atoms with Gasteiger partial charge in [-0.05, 0) is 93.1 Å². The van der Waals surface area contributed by atoms with Crippen molar-refractivity contribution in [2.24, 2.45) is 0 Å². The van der Waals surface area contributed by atoms with Crippen molar-refractivity contribution in [3.05, 3.63) is 36.4 Å². The van der Waals surface area contributed by atoms with E-state index in [4.69, 9.17) is 0 Å². The molecule has 0 N–H and O–H groups in total. The van der Waals surface area contributed by atoms with Crippen LogP contribution in [0.5, 0.6) is 0 Å². The van der Waals surface area contributed by atoms with Crippen molar-refractivity contribution in [2.45, 2.75) is 150 Å². The van der Waals surface area contributed by atoms with Crippen LogP contribution in [-0.2, 0) is 0 Å². The van der Waals surface area contributed by atoms with E-state index in [9.17, 15) is 0 Å². The number of unbranched alkanes of at least 4 members (excludes halogenated alkanes) is 12. The molecule has 44 heavy (non-hydrogen) atoms. The molecule has 0 aromatic heterocycles. The van der Waals surface area contributed by atoms with Crippen molar-refractivity contribution in [1.29, 1.82) is 0 Å². The van der Waals surface area contributed by atoms with E-state index in [1.54, 1.807) is 0 Å². The molecule has 0 fully saturated rings. The summed E-state index contributed by atoms with van der Waals surface area (Å²) in [5.41, 5.74) is 0. The van der Waals surface area contributed by atoms with E-state index < -0.39 is 0 Å². The first-order valence-corrected chi connectivity index (χ1v) is 22.0. The quantitative estimate of drug-likeness (QED) is 0.0414. The predicted molar refractivity (Wildman–Crippen MR) is 210 cm³/mol. The van der Waals surface area contributed by atoms with Gasteiger partial charge in [0.05, 0.1) is 0 Å². The van der Waals surface area contributed by atoms with Crippen molar-refractivity contribution in [1.82, 2.24) is 0 Å². The lowest BCUT2D eigenvalue weighted by Crippen LogP contribution is -1.94. The molecular weight excluding hydrogens is 609 g/mol. The highest BCUT2D eigenvalue weighted by molar-refractivity contribution is 8.00. The molecule has 0 atom stereocenters. The van der Waals surface area contributed by atoms with Gasteiger partial charge in [0.15, 0.2) is 0 Å². The number of hydrogen-bond acceptors (Lipinski definition) is 4. The van der Waals surface area contributed by atoms with Gasteiger partial charge in [0.1, 0.15) is 0 Å². The first-order valence-electron chi connectivity index (χ1n) is 18.0. The first kappa shape index (κ1) is 36.2. The standard InChI is InChI=1S/C40H58S4/c1-5-9-13-17-25-41-35-29-36(42-26-18-14-10-6-2)32-23-24-34-38(44-28-20-16-12-8-4)30-37(43-27-19-15-11-7-3)33-22-21-31(35)39(32)40(33)34/h21-24,29-30H,5-20,25-28H2,1-4H3. The molecule has 4 aromatic carbocycles. The molecule has 4 heteroatoms. The second kappa shape index (κ2) is 20.5. The predicted octanol–water partition coefficient (Wildman–Crippen LogP) is 15.3. The van der Waals surface area contributed by atoms with Gasteiger partial charge in [-0.3, -0.25) is 0 Å². The lowest BCUT2D eigenvalue weighted by atomic mass is 9.94. The molecular formula is C40H58S4. The lowest BCUT2D eigenvalue weighted by molar-refractivity contribution is 0.706. The maximum Gasteiger partial charge on any atom is 0.0162 e.